The Morgan fingerprint density at radius 3 is 2.17 bits per heavy atom. The van der Waals surface area contributed by atoms with Crippen LogP contribution in [0.15, 0.2) is 29.6 Å². The molecule has 0 spiro atoms. The zero-order valence-corrected chi connectivity index (χ0v) is 13.6. The van der Waals surface area contributed by atoms with Gasteiger partial charge in [0, 0.05) is 10.8 Å². The highest BCUT2D eigenvalue weighted by molar-refractivity contribution is 7.11. The summed E-state index contributed by atoms with van der Waals surface area (Å²) < 4.78 is 0. The van der Waals surface area contributed by atoms with Gasteiger partial charge < -0.3 is 4.84 Å². The number of fused-ring (bicyclic) bond motifs is 1. The lowest BCUT2D eigenvalue weighted by Gasteiger charge is -2.14. The van der Waals surface area contributed by atoms with Crippen LogP contribution in [0.4, 0.5) is 0 Å². The second-order valence-electron chi connectivity index (χ2n) is 6.12. The number of nitrogens with zero attached hydrogens (tertiary/aromatic N) is 2. The van der Waals surface area contributed by atoms with Crippen LogP contribution in [0, 0.1) is 0 Å². The highest BCUT2D eigenvalue weighted by atomic mass is 32.1. The average Bonchev–Trinajstić information content (AvgIpc) is 3.08. The van der Waals surface area contributed by atoms with E-state index in [1.54, 1.807) is 17.5 Å². The Kier molecular flexibility index (Phi) is 3.52. The predicted molar refractivity (Wildman–Crippen MR) is 83.2 cm³/mol. The molecule has 0 atom stereocenters. The smallest absolute Gasteiger partial charge is 0.322 e. The van der Waals surface area contributed by atoms with E-state index in [0.29, 0.717) is 5.06 Å². The molecule has 7 heteroatoms. The molecular weight excluding hydrogens is 316 g/mol. The van der Waals surface area contributed by atoms with Crippen molar-refractivity contribution in [3.05, 3.63) is 51.5 Å². The van der Waals surface area contributed by atoms with Gasteiger partial charge in [-0.3, -0.25) is 9.59 Å². The molecule has 2 heterocycles. The van der Waals surface area contributed by atoms with E-state index in [0.717, 1.165) is 17.0 Å². The van der Waals surface area contributed by atoms with Crippen LogP contribution in [0.2, 0.25) is 0 Å². The fraction of sp³-hybridized carbons (Fsp3) is 0.250. The number of carbonyl (C=O) groups is 3. The Balaban J connectivity index is 1.81. The first-order valence-corrected chi connectivity index (χ1v) is 7.83. The number of imide groups is 1. The average molecular weight is 330 g/mol. The Bertz CT molecular complexity index is 784. The van der Waals surface area contributed by atoms with E-state index in [2.05, 4.69) is 4.98 Å². The van der Waals surface area contributed by atoms with Crippen molar-refractivity contribution in [2.24, 2.45) is 0 Å². The summed E-state index contributed by atoms with van der Waals surface area (Å²) >= 11 is 1.12. The fourth-order valence-corrected chi connectivity index (χ4v) is 3.00. The van der Waals surface area contributed by atoms with Crippen LogP contribution in [0.25, 0.3) is 0 Å². The van der Waals surface area contributed by atoms with Gasteiger partial charge in [0.25, 0.3) is 11.8 Å². The summed E-state index contributed by atoms with van der Waals surface area (Å²) in [7, 11) is 0. The summed E-state index contributed by atoms with van der Waals surface area (Å²) in [4.78, 5) is 45.7. The first-order valence-electron chi connectivity index (χ1n) is 6.95. The van der Waals surface area contributed by atoms with Gasteiger partial charge in [-0.1, -0.05) is 38.0 Å². The Hall–Kier alpha value is -2.54. The monoisotopic (exact) mass is 330 g/mol. The molecule has 1 aromatic heterocycles. The summed E-state index contributed by atoms with van der Waals surface area (Å²) in [6.07, 6.45) is 0. The van der Waals surface area contributed by atoms with Crippen molar-refractivity contribution in [1.82, 2.24) is 10.0 Å². The van der Waals surface area contributed by atoms with Gasteiger partial charge in [-0.05, 0) is 12.1 Å². The molecule has 0 saturated carbocycles. The lowest BCUT2D eigenvalue weighted by molar-refractivity contribution is -0.0584. The van der Waals surface area contributed by atoms with Crippen LogP contribution in [0.3, 0.4) is 0 Å². The Morgan fingerprint density at radius 1 is 1.13 bits per heavy atom. The Labute approximate surface area is 136 Å². The van der Waals surface area contributed by atoms with E-state index < -0.39 is 17.8 Å². The Morgan fingerprint density at radius 2 is 1.70 bits per heavy atom. The molecule has 118 valence electrons. The standard InChI is InChI=1S/C16H14N2O4S/c1-16(2,3)11-8-23-12(17-11)15(21)22-18-13(19)9-6-4-5-7-10(9)14(18)20/h4-8H,1-3H3. The summed E-state index contributed by atoms with van der Waals surface area (Å²) in [5.41, 5.74) is 0.987. The molecule has 23 heavy (non-hydrogen) atoms. The number of benzene rings is 1. The van der Waals surface area contributed by atoms with Crippen LogP contribution in [0.5, 0.6) is 0 Å². The van der Waals surface area contributed by atoms with E-state index in [9.17, 15) is 14.4 Å². The molecule has 0 aliphatic carbocycles. The van der Waals surface area contributed by atoms with Gasteiger partial charge in [0.2, 0.25) is 5.01 Å². The normalized spacial score (nSPS) is 14.1. The van der Waals surface area contributed by atoms with Gasteiger partial charge in [-0.2, -0.15) is 0 Å². The second-order valence-corrected chi connectivity index (χ2v) is 6.98. The van der Waals surface area contributed by atoms with Crippen LogP contribution < -0.4 is 0 Å². The second kappa shape index (κ2) is 5.27. The molecule has 2 aromatic rings. The first kappa shape index (κ1) is 15.4. The largest absolute Gasteiger partial charge is 0.392 e. The van der Waals surface area contributed by atoms with Gasteiger partial charge >= 0.3 is 5.97 Å². The first-order chi connectivity index (χ1) is 10.8. The highest BCUT2D eigenvalue weighted by Crippen LogP contribution is 2.26. The molecule has 2 amide bonds. The third-order valence-corrected chi connectivity index (χ3v) is 4.20. The maximum atomic E-state index is 12.2. The molecule has 0 saturated heterocycles. The third-order valence-electron chi connectivity index (χ3n) is 3.38. The van der Waals surface area contributed by atoms with Crippen LogP contribution in [0.1, 0.15) is 57.0 Å². The number of carbonyl (C=O) groups excluding carboxylic acids is 3. The minimum Gasteiger partial charge on any atom is -0.322 e. The van der Waals surface area contributed by atoms with E-state index in [4.69, 9.17) is 4.84 Å². The van der Waals surface area contributed by atoms with Gasteiger partial charge in [0.05, 0.1) is 16.8 Å². The number of rotatable bonds is 2. The molecular formula is C16H14N2O4S. The molecule has 1 aliphatic heterocycles. The SMILES string of the molecule is CC(C)(C)c1csc(C(=O)ON2C(=O)c3ccccc3C2=O)n1. The number of amides is 2. The molecule has 1 aliphatic rings. The maximum absolute atomic E-state index is 12.2. The van der Waals surface area contributed by atoms with Crippen molar-refractivity contribution in [1.29, 1.82) is 0 Å². The minimum absolute atomic E-state index is 0.103. The third kappa shape index (κ3) is 2.63. The minimum atomic E-state index is -0.819. The molecule has 0 unspecified atom stereocenters. The van der Waals surface area contributed by atoms with Crippen molar-refractivity contribution in [2.45, 2.75) is 26.2 Å². The van der Waals surface area contributed by atoms with E-state index >= 15 is 0 Å². The molecule has 0 fully saturated rings. The number of hydrogen-bond donors (Lipinski definition) is 0. The van der Waals surface area contributed by atoms with Crippen molar-refractivity contribution in [2.75, 3.05) is 0 Å². The summed E-state index contributed by atoms with van der Waals surface area (Å²) in [6.45, 7) is 5.92. The van der Waals surface area contributed by atoms with Crippen LogP contribution in [-0.4, -0.2) is 27.8 Å². The van der Waals surface area contributed by atoms with Gasteiger partial charge in [0.1, 0.15) is 0 Å². The number of hydrogen-bond acceptors (Lipinski definition) is 6. The van der Waals surface area contributed by atoms with Crippen LogP contribution >= 0.6 is 11.3 Å². The van der Waals surface area contributed by atoms with Crippen molar-refractivity contribution in [3.63, 3.8) is 0 Å². The molecule has 0 radical (unpaired) electrons. The number of thiazole rings is 1. The van der Waals surface area contributed by atoms with Gasteiger partial charge in [-0.25, -0.2) is 9.78 Å². The molecule has 3 rings (SSSR count). The lowest BCUT2D eigenvalue weighted by atomic mass is 9.93. The highest BCUT2D eigenvalue weighted by Gasteiger charge is 2.39. The summed E-state index contributed by atoms with van der Waals surface area (Å²) in [6, 6.07) is 6.33. The van der Waals surface area contributed by atoms with E-state index in [1.807, 2.05) is 20.8 Å². The van der Waals surface area contributed by atoms with Crippen molar-refractivity contribution < 1.29 is 19.2 Å². The zero-order chi connectivity index (χ0) is 16.8. The number of hydroxylamine groups is 2. The molecule has 0 bridgehead atoms. The fourth-order valence-electron chi connectivity index (χ4n) is 2.08. The molecule has 1 aromatic carbocycles. The number of aromatic nitrogens is 1. The maximum Gasteiger partial charge on any atom is 0.392 e. The predicted octanol–water partition coefficient (Wildman–Crippen LogP) is 2.81. The van der Waals surface area contributed by atoms with E-state index in [1.165, 1.54) is 12.1 Å². The lowest BCUT2D eigenvalue weighted by Crippen LogP contribution is -2.32. The quantitative estimate of drug-likeness (QED) is 0.791. The van der Waals surface area contributed by atoms with Crippen LogP contribution in [-0.2, 0) is 10.3 Å². The zero-order valence-electron chi connectivity index (χ0n) is 12.8. The van der Waals surface area contributed by atoms with Crippen molar-refractivity contribution in [3.8, 4) is 0 Å². The topological polar surface area (TPSA) is 76.6 Å². The summed E-state index contributed by atoms with van der Waals surface area (Å²) in [5, 5.41) is 2.36. The van der Waals surface area contributed by atoms with E-state index in [-0.39, 0.29) is 21.5 Å². The van der Waals surface area contributed by atoms with Gasteiger partial charge in [-0.15, -0.1) is 11.3 Å². The molecule has 6 nitrogen and oxygen atoms in total. The molecule has 0 N–H and O–H groups in total. The van der Waals surface area contributed by atoms with Gasteiger partial charge in [0.15, 0.2) is 0 Å². The summed E-state index contributed by atoms with van der Waals surface area (Å²) in [5.74, 6) is -2.11. The van der Waals surface area contributed by atoms with Crippen molar-refractivity contribution >= 4 is 29.1 Å².